The van der Waals surface area contributed by atoms with Gasteiger partial charge in [0.1, 0.15) is 6.04 Å². The summed E-state index contributed by atoms with van der Waals surface area (Å²) in [4.78, 5) is 15.4. The SMILES string of the molecule is COCC(N)C(=O)NCc1ccc(Cl)cn1. The van der Waals surface area contributed by atoms with Gasteiger partial charge in [0.25, 0.3) is 0 Å². The highest BCUT2D eigenvalue weighted by molar-refractivity contribution is 6.30. The van der Waals surface area contributed by atoms with Crippen molar-refractivity contribution in [3.63, 3.8) is 0 Å². The van der Waals surface area contributed by atoms with Crippen molar-refractivity contribution in [3.8, 4) is 0 Å². The Morgan fingerprint density at radius 2 is 2.44 bits per heavy atom. The van der Waals surface area contributed by atoms with Gasteiger partial charge < -0.3 is 15.8 Å². The van der Waals surface area contributed by atoms with E-state index in [-0.39, 0.29) is 12.5 Å². The zero-order chi connectivity index (χ0) is 12.0. The number of halogens is 1. The molecule has 1 aromatic rings. The van der Waals surface area contributed by atoms with E-state index in [0.717, 1.165) is 5.69 Å². The third-order valence-electron chi connectivity index (χ3n) is 1.92. The fourth-order valence-corrected chi connectivity index (χ4v) is 1.19. The zero-order valence-corrected chi connectivity index (χ0v) is 9.70. The van der Waals surface area contributed by atoms with Crippen LogP contribution in [0.4, 0.5) is 0 Å². The first-order valence-electron chi connectivity index (χ1n) is 4.76. The van der Waals surface area contributed by atoms with Crippen molar-refractivity contribution in [1.29, 1.82) is 0 Å². The van der Waals surface area contributed by atoms with Crippen LogP contribution in [0.25, 0.3) is 0 Å². The highest BCUT2D eigenvalue weighted by Crippen LogP contribution is 2.05. The van der Waals surface area contributed by atoms with Crippen molar-refractivity contribution in [2.45, 2.75) is 12.6 Å². The Kier molecular flexibility index (Phi) is 5.18. The van der Waals surface area contributed by atoms with Gasteiger partial charge in [-0.2, -0.15) is 0 Å². The molecule has 1 rings (SSSR count). The Hall–Kier alpha value is -1.17. The van der Waals surface area contributed by atoms with Gasteiger partial charge in [-0.05, 0) is 12.1 Å². The predicted octanol–water partition coefficient (Wildman–Crippen LogP) is 0.325. The van der Waals surface area contributed by atoms with E-state index in [1.165, 1.54) is 13.3 Å². The van der Waals surface area contributed by atoms with Gasteiger partial charge in [-0.25, -0.2) is 0 Å². The minimum absolute atomic E-state index is 0.194. The number of rotatable bonds is 5. The molecule has 0 aliphatic heterocycles. The van der Waals surface area contributed by atoms with Crippen LogP contribution in [0, 0.1) is 0 Å². The van der Waals surface area contributed by atoms with Crippen LogP contribution in [0.15, 0.2) is 18.3 Å². The van der Waals surface area contributed by atoms with Crippen molar-refractivity contribution >= 4 is 17.5 Å². The van der Waals surface area contributed by atoms with Gasteiger partial charge in [0.15, 0.2) is 0 Å². The lowest BCUT2D eigenvalue weighted by atomic mass is 10.3. The molecule has 0 spiro atoms. The number of pyridine rings is 1. The van der Waals surface area contributed by atoms with Gasteiger partial charge >= 0.3 is 0 Å². The molecule has 16 heavy (non-hydrogen) atoms. The number of nitrogens with zero attached hydrogens (tertiary/aromatic N) is 1. The molecule has 0 fully saturated rings. The molecular formula is C10H14ClN3O2. The van der Waals surface area contributed by atoms with Crippen LogP contribution in [0.2, 0.25) is 5.02 Å². The van der Waals surface area contributed by atoms with Crippen LogP contribution >= 0.6 is 11.6 Å². The third kappa shape index (κ3) is 4.14. The number of hydrogen-bond acceptors (Lipinski definition) is 4. The second-order valence-electron chi connectivity index (χ2n) is 3.25. The molecule has 0 saturated carbocycles. The number of nitrogens with two attached hydrogens (primary N) is 1. The van der Waals surface area contributed by atoms with Crippen molar-refractivity contribution in [2.75, 3.05) is 13.7 Å². The number of aromatic nitrogens is 1. The van der Waals surface area contributed by atoms with Crippen molar-refractivity contribution in [1.82, 2.24) is 10.3 Å². The van der Waals surface area contributed by atoms with E-state index < -0.39 is 6.04 Å². The first kappa shape index (κ1) is 12.9. The number of nitrogens with one attached hydrogen (secondary N) is 1. The second kappa shape index (κ2) is 6.42. The summed E-state index contributed by atoms with van der Waals surface area (Å²) in [5.74, 6) is -0.265. The summed E-state index contributed by atoms with van der Waals surface area (Å²) in [7, 11) is 1.49. The lowest BCUT2D eigenvalue weighted by molar-refractivity contribution is -0.123. The number of hydrogen-bond donors (Lipinski definition) is 2. The summed E-state index contributed by atoms with van der Waals surface area (Å²) in [5.41, 5.74) is 6.26. The monoisotopic (exact) mass is 243 g/mol. The van der Waals surface area contributed by atoms with Gasteiger partial charge in [0, 0.05) is 13.3 Å². The summed E-state index contributed by atoms with van der Waals surface area (Å²) in [6, 6.07) is 2.80. The molecular weight excluding hydrogens is 230 g/mol. The fraction of sp³-hybridized carbons (Fsp3) is 0.400. The first-order valence-corrected chi connectivity index (χ1v) is 5.14. The maximum absolute atomic E-state index is 11.4. The molecule has 5 nitrogen and oxygen atoms in total. The van der Waals surface area contributed by atoms with Crippen molar-refractivity contribution < 1.29 is 9.53 Å². The summed E-state index contributed by atoms with van der Waals surface area (Å²) in [5, 5.41) is 3.21. The number of carbonyl (C=O) groups is 1. The summed E-state index contributed by atoms with van der Waals surface area (Å²) >= 11 is 5.68. The molecule has 1 atom stereocenters. The lowest BCUT2D eigenvalue weighted by Crippen LogP contribution is -2.43. The van der Waals surface area contributed by atoms with Gasteiger partial charge in [0.2, 0.25) is 5.91 Å². The van der Waals surface area contributed by atoms with Gasteiger partial charge in [-0.3, -0.25) is 9.78 Å². The van der Waals surface area contributed by atoms with Gasteiger partial charge in [-0.1, -0.05) is 11.6 Å². The maximum Gasteiger partial charge on any atom is 0.239 e. The van der Waals surface area contributed by atoms with E-state index in [9.17, 15) is 4.79 Å². The topological polar surface area (TPSA) is 77.2 Å². The number of ether oxygens (including phenoxy) is 1. The van der Waals surface area contributed by atoms with E-state index in [2.05, 4.69) is 10.3 Å². The summed E-state index contributed by atoms with van der Waals surface area (Å²) in [6.07, 6.45) is 1.53. The van der Waals surface area contributed by atoms with Gasteiger partial charge in [0.05, 0.1) is 23.9 Å². The number of methoxy groups -OCH3 is 1. The van der Waals surface area contributed by atoms with Crippen LogP contribution in [0.1, 0.15) is 5.69 Å². The summed E-state index contributed by atoms with van der Waals surface area (Å²) < 4.78 is 4.77. The molecule has 0 aliphatic carbocycles. The third-order valence-corrected chi connectivity index (χ3v) is 2.14. The second-order valence-corrected chi connectivity index (χ2v) is 3.68. The highest BCUT2D eigenvalue weighted by Gasteiger charge is 2.12. The number of carbonyl (C=O) groups excluding carboxylic acids is 1. The molecule has 3 N–H and O–H groups in total. The molecule has 88 valence electrons. The minimum Gasteiger partial charge on any atom is -0.383 e. The van der Waals surface area contributed by atoms with Crippen LogP contribution in [-0.4, -0.2) is 30.6 Å². The Balaban J connectivity index is 2.39. The Bertz CT molecular complexity index is 342. The molecule has 0 aromatic carbocycles. The molecule has 1 heterocycles. The average Bonchev–Trinajstić information content (AvgIpc) is 2.28. The minimum atomic E-state index is -0.655. The predicted molar refractivity (Wildman–Crippen MR) is 60.9 cm³/mol. The number of amides is 1. The molecule has 1 aromatic heterocycles. The zero-order valence-electron chi connectivity index (χ0n) is 8.94. The van der Waals surface area contributed by atoms with Crippen LogP contribution < -0.4 is 11.1 Å². The quantitative estimate of drug-likeness (QED) is 0.781. The van der Waals surface area contributed by atoms with Gasteiger partial charge in [-0.15, -0.1) is 0 Å². The normalized spacial score (nSPS) is 12.2. The average molecular weight is 244 g/mol. The van der Waals surface area contributed by atoms with E-state index in [0.29, 0.717) is 11.6 Å². The Morgan fingerprint density at radius 3 is 3.00 bits per heavy atom. The van der Waals surface area contributed by atoms with Crippen molar-refractivity contribution in [2.24, 2.45) is 5.73 Å². The molecule has 0 aliphatic rings. The van der Waals surface area contributed by atoms with Crippen LogP contribution in [0.3, 0.4) is 0 Å². The molecule has 0 saturated heterocycles. The van der Waals surface area contributed by atoms with E-state index in [1.54, 1.807) is 12.1 Å². The molecule has 0 bridgehead atoms. The largest absolute Gasteiger partial charge is 0.383 e. The standard InChI is InChI=1S/C10H14ClN3O2/c1-16-6-9(12)10(15)14-5-8-3-2-7(11)4-13-8/h2-4,9H,5-6,12H2,1H3,(H,14,15). The van der Waals surface area contributed by atoms with E-state index >= 15 is 0 Å². The molecule has 0 radical (unpaired) electrons. The first-order chi connectivity index (χ1) is 7.63. The smallest absolute Gasteiger partial charge is 0.239 e. The van der Waals surface area contributed by atoms with E-state index in [4.69, 9.17) is 22.1 Å². The van der Waals surface area contributed by atoms with Crippen LogP contribution in [0.5, 0.6) is 0 Å². The Labute approximate surface area is 98.9 Å². The summed E-state index contributed by atoms with van der Waals surface area (Å²) in [6.45, 7) is 0.521. The molecule has 6 heteroatoms. The van der Waals surface area contributed by atoms with Crippen molar-refractivity contribution in [3.05, 3.63) is 29.0 Å². The molecule has 1 amide bonds. The van der Waals surface area contributed by atoms with E-state index in [1.807, 2.05) is 0 Å². The fourth-order valence-electron chi connectivity index (χ4n) is 1.08. The lowest BCUT2D eigenvalue weighted by Gasteiger charge is -2.10. The molecule has 1 unspecified atom stereocenters. The Morgan fingerprint density at radius 1 is 1.69 bits per heavy atom. The highest BCUT2D eigenvalue weighted by atomic mass is 35.5. The van der Waals surface area contributed by atoms with Crippen LogP contribution in [-0.2, 0) is 16.1 Å². The maximum atomic E-state index is 11.4.